The fourth-order valence-electron chi connectivity index (χ4n) is 3.94. The van der Waals surface area contributed by atoms with Gasteiger partial charge in [0.2, 0.25) is 5.78 Å². The van der Waals surface area contributed by atoms with Crippen LogP contribution in [0.25, 0.3) is 0 Å². The zero-order valence-electron chi connectivity index (χ0n) is 21.4. The van der Waals surface area contributed by atoms with Crippen LogP contribution in [0.15, 0.2) is 84.9 Å². The molecule has 0 fully saturated rings. The molecule has 0 radical (unpaired) electrons. The summed E-state index contributed by atoms with van der Waals surface area (Å²) in [5.41, 5.74) is 2.61. The predicted molar refractivity (Wildman–Crippen MR) is 142 cm³/mol. The average molecular weight is 527 g/mol. The van der Waals surface area contributed by atoms with Crippen LogP contribution >= 0.6 is 0 Å². The average Bonchev–Trinajstić information content (AvgIpc) is 3.42. The summed E-state index contributed by atoms with van der Waals surface area (Å²) >= 11 is 0. The Balaban J connectivity index is 1.35. The third-order valence-electron chi connectivity index (χ3n) is 6.12. The highest BCUT2D eigenvalue weighted by Gasteiger charge is 2.32. The number of carbonyl (C=O) groups is 2. The van der Waals surface area contributed by atoms with Gasteiger partial charge in [-0.2, -0.15) is 0 Å². The molecular weight excluding hydrogens is 500 g/mol. The quantitative estimate of drug-likeness (QED) is 0.183. The van der Waals surface area contributed by atoms with Gasteiger partial charge in [-0.3, -0.25) is 9.59 Å². The van der Waals surface area contributed by atoms with E-state index in [1.54, 1.807) is 44.6 Å². The van der Waals surface area contributed by atoms with E-state index in [4.69, 9.17) is 28.4 Å². The van der Waals surface area contributed by atoms with Crippen LogP contribution in [0.3, 0.4) is 0 Å². The van der Waals surface area contributed by atoms with Crippen molar-refractivity contribution in [2.45, 2.75) is 19.5 Å². The summed E-state index contributed by atoms with van der Waals surface area (Å²) in [5, 5.41) is 0. The minimum atomic E-state index is -1.18. The summed E-state index contributed by atoms with van der Waals surface area (Å²) in [6.45, 7) is 0.538. The van der Waals surface area contributed by atoms with Gasteiger partial charge in [0.25, 0.3) is 0 Å². The van der Waals surface area contributed by atoms with Crippen molar-refractivity contribution in [3.63, 3.8) is 0 Å². The number of carbonyl (C=O) groups excluding carboxylic acids is 2. The second-order valence-electron chi connectivity index (χ2n) is 8.69. The summed E-state index contributed by atoms with van der Waals surface area (Å²) in [4.78, 5) is 24.4. The van der Waals surface area contributed by atoms with Gasteiger partial charge in [0, 0.05) is 11.1 Å². The number of methoxy groups -OCH3 is 2. The van der Waals surface area contributed by atoms with Crippen LogP contribution < -0.4 is 28.4 Å². The highest BCUT2D eigenvalue weighted by molar-refractivity contribution is 6.00. The Labute approximate surface area is 225 Å². The van der Waals surface area contributed by atoms with E-state index in [1.807, 2.05) is 48.5 Å². The molecule has 0 amide bonds. The van der Waals surface area contributed by atoms with E-state index in [9.17, 15) is 9.59 Å². The third kappa shape index (κ3) is 5.96. The second-order valence-corrected chi connectivity index (χ2v) is 8.69. The largest absolute Gasteiger partial charge is 0.497 e. The molecule has 0 spiro atoms. The van der Waals surface area contributed by atoms with Crippen LogP contribution in [0.4, 0.5) is 0 Å². The summed E-state index contributed by atoms with van der Waals surface area (Å²) in [6, 6.07) is 24.7. The molecule has 198 valence electrons. The van der Waals surface area contributed by atoms with Gasteiger partial charge in [0.05, 0.1) is 14.2 Å². The number of rotatable bonds is 11. The highest BCUT2D eigenvalue weighted by atomic mass is 16.7. The van der Waals surface area contributed by atoms with E-state index in [0.29, 0.717) is 47.0 Å². The van der Waals surface area contributed by atoms with Crippen LogP contribution in [0.2, 0.25) is 0 Å². The number of aldehydes is 1. The fourth-order valence-corrected chi connectivity index (χ4v) is 3.94. The molecule has 1 aliphatic heterocycles. The van der Waals surface area contributed by atoms with Gasteiger partial charge in [-0.1, -0.05) is 24.3 Å². The standard InChI is InChI=1S/C31H26O8/c1-34-24-9-3-20(4-10-24)18-36-26-14-8-23(16-28(26)37-19-21-5-11-25(35-2)12-6-21)30(33)31-38-27-13-7-22(17-32)15-29(27)39-31/h3-17,31H,18-19H2,1-2H3. The molecule has 8 nitrogen and oxygen atoms in total. The second kappa shape index (κ2) is 11.6. The molecule has 0 bridgehead atoms. The predicted octanol–water partition coefficient (Wildman–Crippen LogP) is 5.65. The summed E-state index contributed by atoms with van der Waals surface area (Å²) in [6.07, 6.45) is -0.474. The maximum atomic E-state index is 13.3. The maximum absolute atomic E-state index is 13.3. The van der Waals surface area contributed by atoms with E-state index in [-0.39, 0.29) is 6.61 Å². The molecule has 1 heterocycles. The number of Topliss-reactive ketones (excluding diaryl/α,β-unsaturated/α-hetero) is 1. The minimum absolute atomic E-state index is 0.247. The molecule has 8 heteroatoms. The van der Waals surface area contributed by atoms with Crippen molar-refractivity contribution < 1.29 is 38.0 Å². The van der Waals surface area contributed by atoms with Crippen molar-refractivity contribution in [2.24, 2.45) is 0 Å². The SMILES string of the molecule is COc1ccc(COc2ccc(C(=O)C3Oc4ccc(C=O)cc4O3)cc2OCc2ccc(OC)cc2)cc1. The minimum Gasteiger partial charge on any atom is -0.497 e. The van der Waals surface area contributed by atoms with E-state index in [1.165, 1.54) is 6.07 Å². The highest BCUT2D eigenvalue weighted by Crippen LogP contribution is 2.37. The van der Waals surface area contributed by atoms with Crippen LogP contribution in [0, 0.1) is 0 Å². The van der Waals surface area contributed by atoms with Crippen molar-refractivity contribution >= 4 is 12.1 Å². The fraction of sp³-hybridized carbons (Fsp3) is 0.161. The molecule has 0 saturated heterocycles. The molecule has 0 aliphatic carbocycles. The Kier molecular flexibility index (Phi) is 7.63. The number of hydrogen-bond acceptors (Lipinski definition) is 8. The number of hydrogen-bond donors (Lipinski definition) is 0. The van der Waals surface area contributed by atoms with Gasteiger partial charge in [0.1, 0.15) is 31.0 Å². The van der Waals surface area contributed by atoms with Gasteiger partial charge in [-0.25, -0.2) is 0 Å². The first-order valence-electron chi connectivity index (χ1n) is 12.2. The molecule has 1 aliphatic rings. The molecule has 39 heavy (non-hydrogen) atoms. The van der Waals surface area contributed by atoms with Crippen LogP contribution in [0.1, 0.15) is 31.8 Å². The van der Waals surface area contributed by atoms with Gasteiger partial charge in [-0.05, 0) is 71.8 Å². The van der Waals surface area contributed by atoms with Gasteiger partial charge in [-0.15, -0.1) is 0 Å². The van der Waals surface area contributed by atoms with E-state index >= 15 is 0 Å². The first kappa shape index (κ1) is 25.7. The first-order chi connectivity index (χ1) is 19.1. The molecule has 1 unspecified atom stereocenters. The van der Waals surface area contributed by atoms with Crippen LogP contribution in [0.5, 0.6) is 34.5 Å². The van der Waals surface area contributed by atoms with Crippen molar-refractivity contribution in [1.29, 1.82) is 0 Å². The topological polar surface area (TPSA) is 89.5 Å². The summed E-state index contributed by atoms with van der Waals surface area (Å²) in [7, 11) is 3.22. The Morgan fingerprint density at radius 1 is 0.718 bits per heavy atom. The molecule has 0 aromatic heterocycles. The van der Waals surface area contributed by atoms with Crippen LogP contribution in [-0.2, 0) is 13.2 Å². The van der Waals surface area contributed by atoms with Crippen molar-refractivity contribution in [1.82, 2.24) is 0 Å². The van der Waals surface area contributed by atoms with Crippen molar-refractivity contribution in [2.75, 3.05) is 14.2 Å². The molecule has 0 N–H and O–H groups in total. The van der Waals surface area contributed by atoms with E-state index < -0.39 is 12.1 Å². The monoisotopic (exact) mass is 526 g/mol. The normalized spacial score (nSPS) is 13.4. The molecular formula is C31H26O8. The summed E-state index contributed by atoms with van der Waals surface area (Å²) in [5.74, 6) is 2.71. The number of fused-ring (bicyclic) bond motifs is 1. The molecule has 0 saturated carbocycles. The maximum Gasteiger partial charge on any atom is 0.305 e. The Morgan fingerprint density at radius 3 is 1.90 bits per heavy atom. The third-order valence-corrected chi connectivity index (χ3v) is 6.12. The van der Waals surface area contributed by atoms with Crippen molar-refractivity contribution in [3.8, 4) is 34.5 Å². The number of ketones is 1. The number of benzene rings is 4. The van der Waals surface area contributed by atoms with Gasteiger partial charge >= 0.3 is 6.29 Å². The van der Waals surface area contributed by atoms with Crippen LogP contribution in [-0.4, -0.2) is 32.6 Å². The lowest BCUT2D eigenvalue weighted by molar-refractivity contribution is 0.0371. The lowest BCUT2D eigenvalue weighted by atomic mass is 10.1. The van der Waals surface area contributed by atoms with E-state index in [0.717, 1.165) is 22.6 Å². The zero-order chi connectivity index (χ0) is 27.2. The van der Waals surface area contributed by atoms with Gasteiger partial charge < -0.3 is 28.4 Å². The molecule has 1 atom stereocenters. The smallest absolute Gasteiger partial charge is 0.305 e. The lowest BCUT2D eigenvalue weighted by Gasteiger charge is -2.16. The first-order valence-corrected chi connectivity index (χ1v) is 12.2. The van der Waals surface area contributed by atoms with Crippen molar-refractivity contribution in [3.05, 3.63) is 107 Å². The zero-order valence-corrected chi connectivity index (χ0v) is 21.4. The summed E-state index contributed by atoms with van der Waals surface area (Å²) < 4.78 is 34.0. The Morgan fingerprint density at radius 2 is 1.31 bits per heavy atom. The van der Waals surface area contributed by atoms with E-state index in [2.05, 4.69) is 0 Å². The lowest BCUT2D eigenvalue weighted by Crippen LogP contribution is -2.29. The Hall–Kier alpha value is -4.98. The van der Waals surface area contributed by atoms with Gasteiger partial charge in [0.15, 0.2) is 23.0 Å². The molecule has 4 aromatic carbocycles. The number of ether oxygens (including phenoxy) is 6. The molecule has 5 rings (SSSR count). The molecule has 4 aromatic rings. The Bertz CT molecular complexity index is 1460.